The van der Waals surface area contributed by atoms with Crippen LogP contribution in [0.3, 0.4) is 0 Å². The highest BCUT2D eigenvalue weighted by atomic mass is 79.9. The highest BCUT2D eigenvalue weighted by Gasteiger charge is 2.16. The second kappa shape index (κ2) is 7.11. The lowest BCUT2D eigenvalue weighted by molar-refractivity contribution is 0.407. The van der Waals surface area contributed by atoms with E-state index in [1.807, 2.05) is 18.2 Å². The van der Waals surface area contributed by atoms with E-state index in [1.54, 1.807) is 13.2 Å². The van der Waals surface area contributed by atoms with E-state index in [9.17, 15) is 4.39 Å². The number of ether oxygens (including phenoxy) is 1. The van der Waals surface area contributed by atoms with Crippen molar-refractivity contribution in [1.29, 1.82) is 0 Å². The van der Waals surface area contributed by atoms with Crippen molar-refractivity contribution in [3.05, 3.63) is 57.3 Å². The third-order valence-corrected chi connectivity index (χ3v) is 3.72. The molecule has 112 valence electrons. The molecule has 6 heteroatoms. The molecule has 0 spiro atoms. The average Bonchev–Trinajstić information content (AvgIpc) is 2.43. The Labute approximate surface area is 136 Å². The number of benzene rings is 2. The fourth-order valence-corrected chi connectivity index (χ4v) is 2.68. The van der Waals surface area contributed by atoms with Gasteiger partial charge >= 0.3 is 0 Å². The molecule has 0 aromatic heterocycles. The molecule has 0 radical (unpaired) electrons. The van der Waals surface area contributed by atoms with E-state index in [0.29, 0.717) is 23.0 Å². The van der Waals surface area contributed by atoms with Crippen molar-refractivity contribution in [3.63, 3.8) is 0 Å². The van der Waals surface area contributed by atoms with Crippen LogP contribution >= 0.6 is 27.5 Å². The van der Waals surface area contributed by atoms with Crippen LogP contribution in [-0.2, 0) is 0 Å². The van der Waals surface area contributed by atoms with Gasteiger partial charge in [0.1, 0.15) is 11.6 Å². The molecule has 3 N–H and O–H groups in total. The summed E-state index contributed by atoms with van der Waals surface area (Å²) in [6.45, 7) is 0.320. The zero-order valence-electron chi connectivity index (χ0n) is 11.4. The maximum absolute atomic E-state index is 13.4. The largest absolute Gasteiger partial charge is 0.496 e. The summed E-state index contributed by atoms with van der Waals surface area (Å²) in [5.41, 5.74) is 7.29. The summed E-state index contributed by atoms with van der Waals surface area (Å²) in [5.74, 6) is 0.311. The van der Waals surface area contributed by atoms with Gasteiger partial charge < -0.3 is 15.8 Å². The van der Waals surface area contributed by atoms with E-state index >= 15 is 0 Å². The first kappa shape index (κ1) is 16.1. The summed E-state index contributed by atoms with van der Waals surface area (Å²) in [6.07, 6.45) is 0. The van der Waals surface area contributed by atoms with Crippen molar-refractivity contribution in [2.45, 2.75) is 6.04 Å². The Kier molecular flexibility index (Phi) is 5.45. The molecule has 0 saturated carbocycles. The molecule has 0 amide bonds. The van der Waals surface area contributed by atoms with Crippen molar-refractivity contribution in [3.8, 4) is 5.75 Å². The van der Waals surface area contributed by atoms with Gasteiger partial charge in [-0.05, 0) is 36.4 Å². The molecule has 0 bridgehead atoms. The number of nitrogens with one attached hydrogen (secondary N) is 1. The number of nitrogens with two attached hydrogens (primary N) is 1. The van der Waals surface area contributed by atoms with E-state index in [0.717, 1.165) is 10.0 Å². The van der Waals surface area contributed by atoms with Gasteiger partial charge in [-0.25, -0.2) is 4.39 Å². The quantitative estimate of drug-likeness (QED) is 0.818. The number of halogens is 3. The Bertz CT molecular complexity index is 619. The monoisotopic (exact) mass is 372 g/mol. The fourth-order valence-electron chi connectivity index (χ4n) is 2.08. The summed E-state index contributed by atoms with van der Waals surface area (Å²) >= 11 is 9.29. The van der Waals surface area contributed by atoms with E-state index in [-0.39, 0.29) is 6.04 Å². The first-order valence-corrected chi connectivity index (χ1v) is 7.46. The van der Waals surface area contributed by atoms with Crippen LogP contribution in [0.5, 0.6) is 5.75 Å². The summed E-state index contributed by atoms with van der Waals surface area (Å²) < 4.78 is 19.7. The molecule has 3 nitrogen and oxygen atoms in total. The first-order chi connectivity index (χ1) is 10.0. The lowest BCUT2D eigenvalue weighted by Crippen LogP contribution is -2.21. The molecule has 1 atom stereocenters. The predicted octanol–water partition coefficient (Wildman–Crippen LogP) is 4.36. The first-order valence-electron chi connectivity index (χ1n) is 6.29. The molecule has 0 aliphatic rings. The Balaban J connectivity index is 2.33. The maximum atomic E-state index is 13.4. The molecule has 0 saturated heterocycles. The van der Waals surface area contributed by atoms with E-state index in [1.165, 1.54) is 12.1 Å². The van der Waals surface area contributed by atoms with Gasteiger partial charge in [0.05, 0.1) is 13.2 Å². The fraction of sp³-hybridized carbons (Fsp3) is 0.200. The molecule has 0 heterocycles. The minimum atomic E-state index is -0.401. The normalized spacial score (nSPS) is 12.0. The van der Waals surface area contributed by atoms with Gasteiger partial charge in [0.2, 0.25) is 0 Å². The number of anilines is 1. The van der Waals surface area contributed by atoms with Crippen LogP contribution in [0.1, 0.15) is 11.6 Å². The van der Waals surface area contributed by atoms with Gasteiger partial charge in [-0.1, -0.05) is 27.5 Å². The molecule has 21 heavy (non-hydrogen) atoms. The van der Waals surface area contributed by atoms with Gasteiger partial charge in [0.15, 0.2) is 0 Å². The molecule has 1 unspecified atom stereocenters. The minimum Gasteiger partial charge on any atom is -0.496 e. The van der Waals surface area contributed by atoms with Crippen LogP contribution in [0.4, 0.5) is 10.1 Å². The van der Waals surface area contributed by atoms with Crippen molar-refractivity contribution in [2.24, 2.45) is 5.73 Å². The highest BCUT2D eigenvalue weighted by Crippen LogP contribution is 2.31. The van der Waals surface area contributed by atoms with Crippen molar-refractivity contribution in [2.75, 3.05) is 19.0 Å². The van der Waals surface area contributed by atoms with Crippen molar-refractivity contribution in [1.82, 2.24) is 0 Å². The molecule has 2 aromatic rings. The molecular weight excluding hydrogens is 359 g/mol. The molecular formula is C15H15BrClFN2O. The predicted molar refractivity (Wildman–Crippen MR) is 87.5 cm³/mol. The molecule has 2 rings (SSSR count). The second-order valence-electron chi connectivity index (χ2n) is 4.48. The summed E-state index contributed by atoms with van der Waals surface area (Å²) in [7, 11) is 1.60. The zero-order valence-corrected chi connectivity index (χ0v) is 13.7. The van der Waals surface area contributed by atoms with E-state index < -0.39 is 5.82 Å². The van der Waals surface area contributed by atoms with Crippen LogP contribution in [-0.4, -0.2) is 13.7 Å². The van der Waals surface area contributed by atoms with Crippen LogP contribution < -0.4 is 15.8 Å². The third-order valence-electron chi connectivity index (χ3n) is 3.01. The summed E-state index contributed by atoms with van der Waals surface area (Å²) in [6, 6.07) is 9.71. The second-order valence-corrected chi connectivity index (χ2v) is 5.83. The van der Waals surface area contributed by atoms with Crippen LogP contribution in [0.25, 0.3) is 0 Å². The number of hydrogen-bond donors (Lipinski definition) is 2. The number of methoxy groups -OCH3 is 1. The van der Waals surface area contributed by atoms with Gasteiger partial charge in [-0.3, -0.25) is 0 Å². The Morgan fingerprint density at radius 3 is 2.71 bits per heavy atom. The summed E-state index contributed by atoms with van der Waals surface area (Å²) in [4.78, 5) is 0. The molecule has 0 aliphatic heterocycles. The standard InChI is InChI=1S/C15H15BrClFN2O/c1-21-15-3-2-9(16)4-13(15)14(8-19)20-12-6-10(17)5-11(18)7-12/h2-7,14,20H,8,19H2,1H3. The van der Waals surface area contributed by atoms with Crippen molar-refractivity contribution >= 4 is 33.2 Å². The minimum absolute atomic E-state index is 0.227. The number of hydrogen-bond acceptors (Lipinski definition) is 3. The van der Waals surface area contributed by atoms with Gasteiger partial charge in [0.25, 0.3) is 0 Å². The molecule has 0 aliphatic carbocycles. The topological polar surface area (TPSA) is 47.3 Å². The lowest BCUT2D eigenvalue weighted by Gasteiger charge is -2.21. The van der Waals surface area contributed by atoms with Gasteiger partial charge in [-0.2, -0.15) is 0 Å². The Hall–Kier alpha value is -1.30. The maximum Gasteiger partial charge on any atom is 0.126 e. The average molecular weight is 374 g/mol. The zero-order chi connectivity index (χ0) is 15.4. The lowest BCUT2D eigenvalue weighted by atomic mass is 10.1. The van der Waals surface area contributed by atoms with Crippen LogP contribution in [0.2, 0.25) is 5.02 Å². The Morgan fingerprint density at radius 2 is 2.10 bits per heavy atom. The van der Waals surface area contributed by atoms with Crippen LogP contribution in [0.15, 0.2) is 40.9 Å². The van der Waals surface area contributed by atoms with Gasteiger partial charge in [0, 0.05) is 27.3 Å². The summed E-state index contributed by atoms with van der Waals surface area (Å²) in [5, 5.41) is 3.51. The highest BCUT2D eigenvalue weighted by molar-refractivity contribution is 9.10. The van der Waals surface area contributed by atoms with Crippen LogP contribution in [0, 0.1) is 5.82 Å². The Morgan fingerprint density at radius 1 is 1.33 bits per heavy atom. The SMILES string of the molecule is COc1ccc(Br)cc1C(CN)Nc1cc(F)cc(Cl)c1. The smallest absolute Gasteiger partial charge is 0.126 e. The van der Waals surface area contributed by atoms with E-state index in [2.05, 4.69) is 21.2 Å². The van der Waals surface area contributed by atoms with E-state index in [4.69, 9.17) is 22.1 Å². The van der Waals surface area contributed by atoms with Crippen molar-refractivity contribution < 1.29 is 9.13 Å². The molecule has 0 fully saturated rings. The third kappa shape index (κ3) is 4.09. The van der Waals surface area contributed by atoms with Gasteiger partial charge in [-0.15, -0.1) is 0 Å². The number of rotatable bonds is 5. The molecule has 2 aromatic carbocycles.